The molecule has 1 aromatic carbocycles. The summed E-state index contributed by atoms with van der Waals surface area (Å²) in [5.74, 6) is -0.0336. The molecule has 0 bridgehead atoms. The van der Waals surface area contributed by atoms with E-state index >= 15 is 0 Å². The van der Waals surface area contributed by atoms with E-state index in [9.17, 15) is 4.79 Å². The van der Waals surface area contributed by atoms with E-state index in [0.29, 0.717) is 5.13 Å². The van der Waals surface area contributed by atoms with Crippen molar-refractivity contribution in [2.75, 3.05) is 11.9 Å². The lowest BCUT2D eigenvalue weighted by Gasteiger charge is -2.18. The number of para-hydroxylation sites is 1. The highest BCUT2D eigenvalue weighted by Gasteiger charge is 2.18. The summed E-state index contributed by atoms with van der Waals surface area (Å²) < 4.78 is 0. The first-order chi connectivity index (χ1) is 11.6. The lowest BCUT2D eigenvalue weighted by atomic mass is 10.3. The Hall–Kier alpha value is -2.02. The number of carbonyl (C=O) groups excluding carboxylic acids is 1. The molecule has 0 radical (unpaired) electrons. The predicted molar refractivity (Wildman–Crippen MR) is 101 cm³/mol. The minimum Gasteiger partial charge on any atom is -0.296 e. The topological polar surface area (TPSA) is 36.4 Å². The number of aromatic nitrogens is 1. The Labute approximate surface area is 150 Å². The zero-order valence-corrected chi connectivity index (χ0v) is 15.3. The van der Waals surface area contributed by atoms with Gasteiger partial charge in [-0.15, -0.1) is 11.3 Å². The second-order valence-electron chi connectivity index (χ2n) is 5.62. The quantitative estimate of drug-likeness (QED) is 0.651. The van der Waals surface area contributed by atoms with E-state index in [0.717, 1.165) is 24.5 Å². The monoisotopic (exact) mass is 357 g/mol. The van der Waals surface area contributed by atoms with Gasteiger partial charge in [0.05, 0.1) is 11.4 Å². The number of rotatable bonds is 6. The summed E-state index contributed by atoms with van der Waals surface area (Å²) >= 11 is 3.21. The SMILES string of the molecule is CC(=O)N(c1ccccc1)c1nc(CN(C)Cc2ccsc2)cs1. The third-order valence-electron chi connectivity index (χ3n) is 3.52. The second kappa shape index (κ2) is 7.70. The Bertz CT molecular complexity index is 784. The molecule has 4 nitrogen and oxygen atoms in total. The lowest BCUT2D eigenvalue weighted by Crippen LogP contribution is -2.22. The van der Waals surface area contributed by atoms with Gasteiger partial charge in [0.1, 0.15) is 0 Å². The number of amides is 1. The molecule has 0 saturated carbocycles. The van der Waals surface area contributed by atoms with Gasteiger partial charge in [-0.25, -0.2) is 4.98 Å². The largest absolute Gasteiger partial charge is 0.296 e. The molecule has 0 saturated heterocycles. The molecule has 124 valence electrons. The van der Waals surface area contributed by atoms with E-state index in [1.807, 2.05) is 35.7 Å². The van der Waals surface area contributed by atoms with Gasteiger partial charge in [0.2, 0.25) is 5.91 Å². The Morgan fingerprint density at radius 1 is 1.12 bits per heavy atom. The first-order valence-corrected chi connectivity index (χ1v) is 9.45. The van der Waals surface area contributed by atoms with Gasteiger partial charge in [0.25, 0.3) is 0 Å². The fraction of sp³-hybridized carbons (Fsp3) is 0.222. The van der Waals surface area contributed by atoms with Gasteiger partial charge in [0.15, 0.2) is 5.13 Å². The van der Waals surface area contributed by atoms with Crippen molar-refractivity contribution < 1.29 is 4.79 Å². The fourth-order valence-electron chi connectivity index (χ4n) is 2.50. The van der Waals surface area contributed by atoms with Crippen LogP contribution in [0, 0.1) is 0 Å². The highest BCUT2D eigenvalue weighted by molar-refractivity contribution is 7.14. The second-order valence-corrected chi connectivity index (χ2v) is 7.23. The normalized spacial score (nSPS) is 11.0. The van der Waals surface area contributed by atoms with Gasteiger partial charge in [-0.05, 0) is 41.6 Å². The molecule has 0 N–H and O–H groups in total. The van der Waals surface area contributed by atoms with Gasteiger partial charge >= 0.3 is 0 Å². The number of nitrogens with zero attached hydrogens (tertiary/aromatic N) is 3. The van der Waals surface area contributed by atoms with E-state index in [1.165, 1.54) is 16.9 Å². The molecule has 24 heavy (non-hydrogen) atoms. The molecule has 0 spiro atoms. The molecule has 2 aromatic heterocycles. The van der Waals surface area contributed by atoms with Crippen LogP contribution in [0.3, 0.4) is 0 Å². The summed E-state index contributed by atoms with van der Waals surface area (Å²) in [6.07, 6.45) is 0. The number of hydrogen-bond donors (Lipinski definition) is 0. The first-order valence-electron chi connectivity index (χ1n) is 7.63. The van der Waals surface area contributed by atoms with Crippen molar-refractivity contribution in [2.24, 2.45) is 0 Å². The van der Waals surface area contributed by atoms with E-state index < -0.39 is 0 Å². The molecular weight excluding hydrogens is 338 g/mol. The Kier molecular flexibility index (Phi) is 5.40. The van der Waals surface area contributed by atoms with Crippen LogP contribution in [-0.4, -0.2) is 22.8 Å². The first kappa shape index (κ1) is 16.8. The molecule has 0 aliphatic rings. The third-order valence-corrected chi connectivity index (χ3v) is 5.13. The summed E-state index contributed by atoms with van der Waals surface area (Å²) in [5, 5.41) is 7.00. The molecule has 0 aliphatic heterocycles. The van der Waals surface area contributed by atoms with Crippen LogP contribution in [0.25, 0.3) is 0 Å². The number of hydrogen-bond acceptors (Lipinski definition) is 5. The number of thiazole rings is 1. The van der Waals surface area contributed by atoms with E-state index in [2.05, 4.69) is 33.8 Å². The van der Waals surface area contributed by atoms with Crippen LogP contribution >= 0.6 is 22.7 Å². The zero-order valence-electron chi connectivity index (χ0n) is 13.7. The molecular formula is C18H19N3OS2. The molecule has 2 heterocycles. The highest BCUT2D eigenvalue weighted by atomic mass is 32.1. The average Bonchev–Trinajstić information content (AvgIpc) is 3.21. The van der Waals surface area contributed by atoms with Crippen molar-refractivity contribution in [3.05, 3.63) is 63.8 Å². The number of benzene rings is 1. The summed E-state index contributed by atoms with van der Waals surface area (Å²) in [6, 6.07) is 11.8. The van der Waals surface area contributed by atoms with Gasteiger partial charge in [-0.3, -0.25) is 14.6 Å². The predicted octanol–water partition coefficient (Wildman–Crippen LogP) is 4.52. The Morgan fingerprint density at radius 2 is 1.92 bits per heavy atom. The van der Waals surface area contributed by atoms with Crippen LogP contribution in [0.15, 0.2) is 52.5 Å². The van der Waals surface area contributed by atoms with Crippen LogP contribution < -0.4 is 4.90 Å². The molecule has 6 heteroatoms. The maximum Gasteiger partial charge on any atom is 0.230 e. The van der Waals surface area contributed by atoms with Crippen LogP contribution in [0.4, 0.5) is 10.8 Å². The molecule has 3 rings (SSSR count). The summed E-state index contributed by atoms with van der Waals surface area (Å²) in [7, 11) is 2.08. The summed E-state index contributed by atoms with van der Waals surface area (Å²) in [6.45, 7) is 3.22. The molecule has 0 fully saturated rings. The Morgan fingerprint density at radius 3 is 2.58 bits per heavy atom. The number of thiophene rings is 1. The Balaban J connectivity index is 1.72. The van der Waals surface area contributed by atoms with Gasteiger partial charge < -0.3 is 0 Å². The van der Waals surface area contributed by atoms with Crippen molar-refractivity contribution in [1.82, 2.24) is 9.88 Å². The number of anilines is 2. The third kappa shape index (κ3) is 4.08. The van der Waals surface area contributed by atoms with Crippen molar-refractivity contribution in [3.8, 4) is 0 Å². The highest BCUT2D eigenvalue weighted by Crippen LogP contribution is 2.29. The van der Waals surface area contributed by atoms with Gasteiger partial charge in [-0.2, -0.15) is 11.3 Å². The molecule has 1 amide bonds. The molecule has 0 unspecified atom stereocenters. The lowest BCUT2D eigenvalue weighted by molar-refractivity contribution is -0.115. The van der Waals surface area contributed by atoms with Crippen LogP contribution in [0.1, 0.15) is 18.2 Å². The summed E-state index contributed by atoms with van der Waals surface area (Å²) in [5.41, 5.74) is 3.14. The van der Waals surface area contributed by atoms with Crippen molar-refractivity contribution in [1.29, 1.82) is 0 Å². The van der Waals surface area contributed by atoms with Crippen LogP contribution in [0.5, 0.6) is 0 Å². The minimum absolute atomic E-state index is 0.0336. The maximum atomic E-state index is 12.1. The average molecular weight is 358 g/mol. The molecule has 0 aliphatic carbocycles. The van der Waals surface area contributed by atoms with E-state index in [-0.39, 0.29) is 5.91 Å². The van der Waals surface area contributed by atoms with E-state index in [1.54, 1.807) is 23.2 Å². The zero-order chi connectivity index (χ0) is 16.9. The van der Waals surface area contributed by atoms with Gasteiger partial charge in [0, 0.05) is 25.4 Å². The van der Waals surface area contributed by atoms with Crippen molar-refractivity contribution >= 4 is 39.4 Å². The van der Waals surface area contributed by atoms with Crippen LogP contribution in [0.2, 0.25) is 0 Å². The maximum absolute atomic E-state index is 12.1. The molecule has 3 aromatic rings. The van der Waals surface area contributed by atoms with E-state index in [4.69, 9.17) is 0 Å². The fourth-order valence-corrected chi connectivity index (χ4v) is 4.04. The van der Waals surface area contributed by atoms with Crippen molar-refractivity contribution in [3.63, 3.8) is 0 Å². The standard InChI is InChI=1S/C18H19N3OS2/c1-14(22)21(17-6-4-3-5-7-17)18-19-16(13-24-18)11-20(2)10-15-8-9-23-12-15/h3-9,12-13H,10-11H2,1-2H3. The minimum atomic E-state index is -0.0336. The van der Waals surface area contributed by atoms with Crippen molar-refractivity contribution in [2.45, 2.75) is 20.0 Å². The van der Waals surface area contributed by atoms with Gasteiger partial charge in [-0.1, -0.05) is 18.2 Å². The smallest absolute Gasteiger partial charge is 0.230 e. The number of carbonyl (C=O) groups is 1. The summed E-state index contributed by atoms with van der Waals surface area (Å²) in [4.78, 5) is 20.6. The molecule has 0 atom stereocenters. The van der Waals surface area contributed by atoms with Crippen LogP contribution in [-0.2, 0) is 17.9 Å².